The van der Waals surface area contributed by atoms with Crippen LogP contribution < -0.4 is 16.4 Å². The van der Waals surface area contributed by atoms with E-state index in [1.807, 2.05) is 0 Å². The first-order chi connectivity index (χ1) is 9.47. The maximum atomic E-state index is 11.8. The van der Waals surface area contributed by atoms with Crippen LogP contribution in [0.2, 0.25) is 0 Å². The molecular weight excluding hydrogens is 264 g/mol. The van der Waals surface area contributed by atoms with Gasteiger partial charge in [-0.25, -0.2) is 0 Å². The van der Waals surface area contributed by atoms with E-state index in [0.717, 1.165) is 0 Å². The molecule has 108 valence electrons. The molecule has 0 fully saturated rings. The molecule has 2 amide bonds. The maximum Gasteiger partial charge on any atom is 0.292 e. The third-order valence-corrected chi connectivity index (χ3v) is 2.54. The van der Waals surface area contributed by atoms with E-state index in [1.54, 1.807) is 6.92 Å². The highest BCUT2D eigenvalue weighted by Crippen LogP contribution is 2.24. The van der Waals surface area contributed by atoms with Crippen molar-refractivity contribution in [3.63, 3.8) is 0 Å². The standard InChI is InChI=1S/C12H16N4O4/c1-2-14-10(17)6-7-15-12(18)8-4-3-5-9(11(8)13)16(19)20/h3-5H,2,6-7,13H2,1H3,(H,14,17)(H,15,18). The lowest BCUT2D eigenvalue weighted by atomic mass is 10.1. The molecule has 0 aliphatic carbocycles. The number of nitrogens with zero attached hydrogens (tertiary/aromatic N) is 1. The molecule has 20 heavy (non-hydrogen) atoms. The maximum absolute atomic E-state index is 11.8. The van der Waals surface area contributed by atoms with Crippen LogP contribution in [0.3, 0.4) is 0 Å². The van der Waals surface area contributed by atoms with Gasteiger partial charge in [-0.2, -0.15) is 0 Å². The first kappa shape index (κ1) is 15.4. The first-order valence-electron chi connectivity index (χ1n) is 6.05. The van der Waals surface area contributed by atoms with Gasteiger partial charge in [-0.1, -0.05) is 6.07 Å². The first-order valence-corrected chi connectivity index (χ1v) is 6.05. The summed E-state index contributed by atoms with van der Waals surface area (Å²) in [5.74, 6) is -0.727. The molecule has 0 heterocycles. The number of hydrogen-bond acceptors (Lipinski definition) is 5. The number of para-hydroxylation sites is 1. The molecule has 1 aromatic rings. The van der Waals surface area contributed by atoms with Crippen LogP contribution in [-0.4, -0.2) is 29.8 Å². The fourth-order valence-corrected chi connectivity index (χ4v) is 1.58. The number of hydrogen-bond donors (Lipinski definition) is 3. The van der Waals surface area contributed by atoms with Gasteiger partial charge < -0.3 is 16.4 Å². The van der Waals surface area contributed by atoms with Crippen molar-refractivity contribution in [1.29, 1.82) is 0 Å². The largest absolute Gasteiger partial charge is 0.393 e. The van der Waals surface area contributed by atoms with Gasteiger partial charge in [0.25, 0.3) is 11.6 Å². The molecule has 0 saturated heterocycles. The summed E-state index contributed by atoms with van der Waals surface area (Å²) in [4.78, 5) is 33.1. The number of amides is 2. The number of nitrogens with two attached hydrogens (primary N) is 1. The summed E-state index contributed by atoms with van der Waals surface area (Å²) in [6, 6.07) is 4.00. The number of nitrogens with one attached hydrogen (secondary N) is 2. The molecule has 8 nitrogen and oxygen atoms in total. The molecule has 0 bridgehead atoms. The molecular formula is C12H16N4O4. The number of nitro groups is 1. The molecule has 0 aromatic heterocycles. The molecule has 1 aromatic carbocycles. The van der Waals surface area contributed by atoms with Crippen LogP contribution in [-0.2, 0) is 4.79 Å². The highest BCUT2D eigenvalue weighted by molar-refractivity contribution is 6.01. The average Bonchev–Trinajstić information content (AvgIpc) is 2.38. The monoisotopic (exact) mass is 280 g/mol. The van der Waals surface area contributed by atoms with E-state index < -0.39 is 10.8 Å². The third-order valence-electron chi connectivity index (χ3n) is 2.54. The van der Waals surface area contributed by atoms with Crippen molar-refractivity contribution in [3.8, 4) is 0 Å². The molecule has 0 aliphatic heterocycles. The normalized spacial score (nSPS) is 9.85. The minimum Gasteiger partial charge on any atom is -0.393 e. The Morgan fingerprint density at radius 3 is 2.65 bits per heavy atom. The summed E-state index contributed by atoms with van der Waals surface area (Å²) in [5.41, 5.74) is 5.10. The van der Waals surface area contributed by atoms with Gasteiger partial charge in [-0.15, -0.1) is 0 Å². The van der Waals surface area contributed by atoms with Crippen LogP contribution in [0.4, 0.5) is 11.4 Å². The van der Waals surface area contributed by atoms with Crippen LogP contribution in [0.5, 0.6) is 0 Å². The minimum absolute atomic E-state index is 0.0232. The van der Waals surface area contributed by atoms with Crippen LogP contribution in [0, 0.1) is 10.1 Å². The van der Waals surface area contributed by atoms with Gasteiger partial charge >= 0.3 is 0 Å². The lowest BCUT2D eigenvalue weighted by Crippen LogP contribution is -2.31. The third kappa shape index (κ3) is 3.94. The van der Waals surface area contributed by atoms with Gasteiger partial charge in [-0.05, 0) is 13.0 Å². The molecule has 0 saturated carbocycles. The van der Waals surface area contributed by atoms with Gasteiger partial charge in [0.2, 0.25) is 5.91 Å². The van der Waals surface area contributed by atoms with Crippen molar-refractivity contribution in [2.75, 3.05) is 18.8 Å². The van der Waals surface area contributed by atoms with Gasteiger partial charge in [0.15, 0.2) is 0 Å². The van der Waals surface area contributed by atoms with Crippen molar-refractivity contribution >= 4 is 23.2 Å². The number of rotatable bonds is 6. The van der Waals surface area contributed by atoms with Crippen LogP contribution in [0.25, 0.3) is 0 Å². The van der Waals surface area contributed by atoms with Crippen LogP contribution in [0.15, 0.2) is 18.2 Å². The van der Waals surface area contributed by atoms with Crippen molar-refractivity contribution in [2.45, 2.75) is 13.3 Å². The summed E-state index contributed by atoms with van der Waals surface area (Å²) < 4.78 is 0. The number of benzene rings is 1. The van der Waals surface area contributed by atoms with Crippen molar-refractivity contribution in [3.05, 3.63) is 33.9 Å². The van der Waals surface area contributed by atoms with Gasteiger partial charge in [-0.3, -0.25) is 19.7 Å². The van der Waals surface area contributed by atoms with Gasteiger partial charge in [0.1, 0.15) is 5.69 Å². The van der Waals surface area contributed by atoms with Crippen molar-refractivity contribution in [2.24, 2.45) is 0 Å². The summed E-state index contributed by atoms with van der Waals surface area (Å²) in [6.45, 7) is 2.44. The molecule has 8 heteroatoms. The summed E-state index contributed by atoms with van der Waals surface area (Å²) in [7, 11) is 0. The molecule has 0 spiro atoms. The Balaban J connectivity index is 2.67. The molecule has 4 N–H and O–H groups in total. The highest BCUT2D eigenvalue weighted by atomic mass is 16.6. The quantitative estimate of drug-likeness (QED) is 0.395. The number of carbonyl (C=O) groups excluding carboxylic acids is 2. The summed E-state index contributed by atoms with van der Waals surface area (Å²) >= 11 is 0. The number of carbonyl (C=O) groups is 2. The molecule has 0 atom stereocenters. The summed E-state index contributed by atoms with van der Waals surface area (Å²) in [6.07, 6.45) is 0.133. The van der Waals surface area contributed by atoms with E-state index in [1.165, 1.54) is 18.2 Å². The smallest absolute Gasteiger partial charge is 0.292 e. The van der Waals surface area contributed by atoms with Gasteiger partial charge in [0, 0.05) is 25.6 Å². The van der Waals surface area contributed by atoms with E-state index in [4.69, 9.17) is 5.73 Å². The predicted molar refractivity (Wildman–Crippen MR) is 73.1 cm³/mol. The van der Waals surface area contributed by atoms with E-state index in [-0.39, 0.29) is 35.8 Å². The Hall–Kier alpha value is -2.64. The second-order valence-electron chi connectivity index (χ2n) is 3.95. The van der Waals surface area contributed by atoms with Crippen molar-refractivity contribution in [1.82, 2.24) is 10.6 Å². The lowest BCUT2D eigenvalue weighted by Gasteiger charge is -2.07. The number of nitro benzene ring substituents is 1. The van der Waals surface area contributed by atoms with E-state index >= 15 is 0 Å². The second kappa shape index (κ2) is 7.07. The zero-order valence-electron chi connectivity index (χ0n) is 11.0. The van der Waals surface area contributed by atoms with E-state index in [0.29, 0.717) is 6.54 Å². The highest BCUT2D eigenvalue weighted by Gasteiger charge is 2.18. The lowest BCUT2D eigenvalue weighted by molar-refractivity contribution is -0.383. The van der Waals surface area contributed by atoms with E-state index in [9.17, 15) is 19.7 Å². The predicted octanol–water partition coefficient (Wildman–Crippen LogP) is 0.433. The summed E-state index contributed by atoms with van der Waals surface area (Å²) in [5, 5.41) is 15.8. The molecule has 0 radical (unpaired) electrons. The second-order valence-corrected chi connectivity index (χ2v) is 3.95. The number of nitrogen functional groups attached to an aromatic ring is 1. The topological polar surface area (TPSA) is 127 Å². The minimum atomic E-state index is -0.652. The fraction of sp³-hybridized carbons (Fsp3) is 0.333. The Morgan fingerprint density at radius 2 is 2.05 bits per heavy atom. The van der Waals surface area contributed by atoms with Crippen molar-refractivity contribution < 1.29 is 14.5 Å². The zero-order chi connectivity index (χ0) is 15.1. The number of anilines is 1. The SMILES string of the molecule is CCNC(=O)CCNC(=O)c1cccc([N+](=O)[O-])c1N. The Bertz CT molecular complexity index is 530. The average molecular weight is 280 g/mol. The Morgan fingerprint density at radius 1 is 1.35 bits per heavy atom. The fourth-order valence-electron chi connectivity index (χ4n) is 1.58. The molecule has 0 aliphatic rings. The zero-order valence-corrected chi connectivity index (χ0v) is 11.0. The Labute approximate surface area is 115 Å². The van der Waals surface area contributed by atoms with Gasteiger partial charge in [0.05, 0.1) is 10.5 Å². The Kier molecular flexibility index (Phi) is 5.45. The van der Waals surface area contributed by atoms with Crippen LogP contribution >= 0.6 is 0 Å². The molecule has 0 unspecified atom stereocenters. The van der Waals surface area contributed by atoms with Crippen LogP contribution in [0.1, 0.15) is 23.7 Å². The van der Waals surface area contributed by atoms with E-state index in [2.05, 4.69) is 10.6 Å². The molecule has 1 rings (SSSR count).